The quantitative estimate of drug-likeness (QED) is 0.744. The molecule has 0 fully saturated rings. The molecule has 0 saturated heterocycles. The van der Waals surface area contributed by atoms with Crippen LogP contribution in [0.3, 0.4) is 0 Å². The highest BCUT2D eigenvalue weighted by Crippen LogP contribution is 2.16. The molecule has 0 aliphatic rings. The predicted octanol–water partition coefficient (Wildman–Crippen LogP) is 2.24. The Kier molecular flexibility index (Phi) is 6.62. The maximum absolute atomic E-state index is 11.7. The number of halogens is 1. The van der Waals surface area contributed by atoms with Crippen LogP contribution in [0.2, 0.25) is 0 Å². The molecular weight excluding hydrogens is 363 g/mol. The molecule has 0 aliphatic heterocycles. The minimum Gasteiger partial charge on any atom is -0.356 e. The monoisotopic (exact) mass is 380 g/mol. The Morgan fingerprint density at radius 3 is 2.67 bits per heavy atom. The van der Waals surface area contributed by atoms with Crippen LogP contribution in [0.1, 0.15) is 30.6 Å². The van der Waals surface area contributed by atoms with Gasteiger partial charge in [0.15, 0.2) is 0 Å². The molecule has 0 unspecified atom stereocenters. The van der Waals surface area contributed by atoms with E-state index < -0.39 is 0 Å². The van der Waals surface area contributed by atoms with Crippen molar-refractivity contribution in [2.75, 3.05) is 13.1 Å². The summed E-state index contributed by atoms with van der Waals surface area (Å²) in [5.41, 5.74) is 0.659. The van der Waals surface area contributed by atoms with Gasteiger partial charge in [-0.2, -0.15) is 0 Å². The van der Waals surface area contributed by atoms with E-state index in [9.17, 15) is 9.59 Å². The van der Waals surface area contributed by atoms with Gasteiger partial charge in [0.1, 0.15) is 0 Å². The molecule has 1 heterocycles. The summed E-state index contributed by atoms with van der Waals surface area (Å²) in [6.07, 6.45) is 0.319. The summed E-state index contributed by atoms with van der Waals surface area (Å²) in [7, 11) is 0. The molecule has 0 atom stereocenters. The van der Waals surface area contributed by atoms with Gasteiger partial charge in [-0.1, -0.05) is 13.8 Å². The van der Waals surface area contributed by atoms with Gasteiger partial charge in [0.05, 0.1) is 8.45 Å². The van der Waals surface area contributed by atoms with Crippen LogP contribution < -0.4 is 10.6 Å². The molecule has 0 bridgehead atoms. The summed E-state index contributed by atoms with van der Waals surface area (Å²) in [6, 6.07) is 1.83. The summed E-state index contributed by atoms with van der Waals surface area (Å²) in [5, 5.41) is 7.36. The third-order valence-electron chi connectivity index (χ3n) is 2.17. The van der Waals surface area contributed by atoms with Crippen molar-refractivity contribution in [1.82, 2.24) is 10.6 Å². The number of thiophene rings is 1. The lowest BCUT2D eigenvalue weighted by atomic mass is 10.2. The van der Waals surface area contributed by atoms with Gasteiger partial charge in [-0.05, 0) is 34.6 Å². The Morgan fingerprint density at radius 1 is 1.39 bits per heavy atom. The lowest BCUT2D eigenvalue weighted by molar-refractivity contribution is -0.121. The molecule has 6 heteroatoms. The Balaban J connectivity index is 2.21. The zero-order valence-electron chi connectivity index (χ0n) is 10.5. The van der Waals surface area contributed by atoms with E-state index in [2.05, 4.69) is 33.2 Å². The predicted molar refractivity (Wildman–Crippen MR) is 81.8 cm³/mol. The van der Waals surface area contributed by atoms with E-state index in [-0.39, 0.29) is 11.8 Å². The average molecular weight is 380 g/mol. The summed E-state index contributed by atoms with van der Waals surface area (Å²) in [4.78, 5) is 23.1. The highest BCUT2D eigenvalue weighted by atomic mass is 127. The van der Waals surface area contributed by atoms with Crippen LogP contribution in [0.25, 0.3) is 0 Å². The van der Waals surface area contributed by atoms with E-state index in [4.69, 9.17) is 0 Å². The molecule has 1 aromatic heterocycles. The van der Waals surface area contributed by atoms with E-state index in [1.54, 1.807) is 0 Å². The van der Waals surface area contributed by atoms with Crippen LogP contribution in [-0.4, -0.2) is 24.9 Å². The van der Waals surface area contributed by atoms with E-state index in [1.165, 1.54) is 11.3 Å². The van der Waals surface area contributed by atoms with Crippen LogP contribution >= 0.6 is 33.9 Å². The zero-order valence-corrected chi connectivity index (χ0v) is 13.4. The molecule has 0 radical (unpaired) electrons. The highest BCUT2D eigenvalue weighted by molar-refractivity contribution is 14.1. The summed E-state index contributed by atoms with van der Waals surface area (Å²) >= 11 is 3.70. The minimum atomic E-state index is -0.120. The van der Waals surface area contributed by atoms with Gasteiger partial charge < -0.3 is 10.6 Å². The maximum atomic E-state index is 11.7. The molecule has 0 saturated carbocycles. The SMILES string of the molecule is CC(C)CNC(=O)CCNC(=O)c1csc(I)c1. The average Bonchev–Trinajstić information content (AvgIpc) is 2.73. The van der Waals surface area contributed by atoms with Crippen LogP contribution in [0.15, 0.2) is 11.4 Å². The molecule has 18 heavy (non-hydrogen) atoms. The zero-order chi connectivity index (χ0) is 13.5. The fourth-order valence-electron chi connectivity index (χ4n) is 1.23. The van der Waals surface area contributed by atoms with Crippen molar-refractivity contribution in [3.63, 3.8) is 0 Å². The van der Waals surface area contributed by atoms with Crippen LogP contribution in [0.5, 0.6) is 0 Å². The van der Waals surface area contributed by atoms with Crippen molar-refractivity contribution in [3.05, 3.63) is 19.9 Å². The van der Waals surface area contributed by atoms with Crippen LogP contribution in [0, 0.1) is 8.80 Å². The standard InChI is InChI=1S/C12H17IN2O2S/c1-8(2)6-15-11(16)3-4-14-12(17)9-5-10(13)18-7-9/h5,7-8H,3-4,6H2,1-2H3,(H,14,17)(H,15,16). The van der Waals surface area contributed by atoms with Gasteiger partial charge in [0, 0.05) is 24.9 Å². The first kappa shape index (κ1) is 15.4. The topological polar surface area (TPSA) is 58.2 Å². The van der Waals surface area contributed by atoms with Gasteiger partial charge >= 0.3 is 0 Å². The fourth-order valence-corrected chi connectivity index (χ4v) is 2.55. The second-order valence-corrected chi connectivity index (χ2v) is 7.15. The second-order valence-electron chi connectivity index (χ2n) is 4.34. The highest BCUT2D eigenvalue weighted by Gasteiger charge is 2.08. The molecule has 1 rings (SSSR count). The molecule has 0 aliphatic carbocycles. The molecular formula is C12H17IN2O2S. The molecule has 2 N–H and O–H groups in total. The molecule has 4 nitrogen and oxygen atoms in total. The van der Waals surface area contributed by atoms with E-state index in [0.29, 0.717) is 31.0 Å². The van der Waals surface area contributed by atoms with E-state index in [0.717, 1.165) is 2.88 Å². The van der Waals surface area contributed by atoms with Crippen LogP contribution in [0.4, 0.5) is 0 Å². The number of carbonyl (C=O) groups excluding carboxylic acids is 2. The Hall–Kier alpha value is -0.630. The lowest BCUT2D eigenvalue weighted by Crippen LogP contribution is -2.32. The Bertz CT molecular complexity index is 418. The minimum absolute atomic E-state index is 0.0242. The number of hydrogen-bond acceptors (Lipinski definition) is 3. The van der Waals surface area contributed by atoms with Gasteiger partial charge in [0.25, 0.3) is 5.91 Å². The second kappa shape index (κ2) is 7.73. The van der Waals surface area contributed by atoms with E-state index in [1.807, 2.05) is 25.3 Å². The number of hydrogen-bond donors (Lipinski definition) is 2. The summed E-state index contributed by atoms with van der Waals surface area (Å²) < 4.78 is 1.08. The largest absolute Gasteiger partial charge is 0.356 e. The van der Waals surface area contributed by atoms with Crippen molar-refractivity contribution >= 4 is 45.7 Å². The van der Waals surface area contributed by atoms with Gasteiger partial charge in [0.2, 0.25) is 5.91 Å². The van der Waals surface area contributed by atoms with Gasteiger partial charge in [-0.15, -0.1) is 11.3 Å². The Morgan fingerprint density at radius 2 is 2.11 bits per heavy atom. The normalized spacial score (nSPS) is 10.4. The first-order chi connectivity index (χ1) is 8.49. The van der Waals surface area contributed by atoms with Crippen molar-refractivity contribution in [3.8, 4) is 0 Å². The lowest BCUT2D eigenvalue weighted by Gasteiger charge is -2.07. The first-order valence-corrected chi connectivity index (χ1v) is 7.74. The van der Waals surface area contributed by atoms with E-state index >= 15 is 0 Å². The van der Waals surface area contributed by atoms with Gasteiger partial charge in [-0.25, -0.2) is 0 Å². The number of amides is 2. The fraction of sp³-hybridized carbons (Fsp3) is 0.500. The molecule has 0 aromatic carbocycles. The third kappa shape index (κ3) is 5.81. The number of nitrogens with one attached hydrogen (secondary N) is 2. The summed E-state index contributed by atoms with van der Waals surface area (Å²) in [6.45, 7) is 5.13. The molecule has 0 spiro atoms. The van der Waals surface area contributed by atoms with Crippen molar-refractivity contribution in [1.29, 1.82) is 0 Å². The van der Waals surface area contributed by atoms with Crippen molar-refractivity contribution in [2.24, 2.45) is 5.92 Å². The summed E-state index contributed by atoms with van der Waals surface area (Å²) in [5.74, 6) is 0.297. The number of carbonyl (C=O) groups is 2. The van der Waals surface area contributed by atoms with Crippen molar-refractivity contribution < 1.29 is 9.59 Å². The Labute approximate surface area is 125 Å². The molecule has 2 amide bonds. The molecule has 100 valence electrons. The third-order valence-corrected chi connectivity index (χ3v) is 3.96. The number of rotatable bonds is 6. The first-order valence-electron chi connectivity index (χ1n) is 5.78. The molecule has 1 aromatic rings. The smallest absolute Gasteiger partial charge is 0.252 e. The van der Waals surface area contributed by atoms with Gasteiger partial charge in [-0.3, -0.25) is 9.59 Å². The van der Waals surface area contributed by atoms with Crippen LogP contribution in [-0.2, 0) is 4.79 Å². The maximum Gasteiger partial charge on any atom is 0.252 e. The van der Waals surface area contributed by atoms with Crippen molar-refractivity contribution in [2.45, 2.75) is 20.3 Å².